The maximum Gasteiger partial charge on any atom is 0.259 e. The van der Waals surface area contributed by atoms with Gasteiger partial charge in [0.05, 0.1) is 11.7 Å². The molecule has 0 spiro atoms. The van der Waals surface area contributed by atoms with Gasteiger partial charge >= 0.3 is 0 Å². The van der Waals surface area contributed by atoms with E-state index in [4.69, 9.17) is 4.74 Å². The molecule has 1 amide bonds. The van der Waals surface area contributed by atoms with Crippen LogP contribution in [-0.2, 0) is 5.41 Å². The van der Waals surface area contributed by atoms with Gasteiger partial charge in [0.15, 0.2) is 0 Å². The Balaban J connectivity index is 1.32. The summed E-state index contributed by atoms with van der Waals surface area (Å²) in [4.78, 5) is 12.8. The molecule has 0 unspecified atom stereocenters. The van der Waals surface area contributed by atoms with Crippen LogP contribution in [-0.4, -0.2) is 12.0 Å². The van der Waals surface area contributed by atoms with Crippen molar-refractivity contribution in [1.82, 2.24) is 0 Å². The summed E-state index contributed by atoms with van der Waals surface area (Å²) >= 11 is 0. The maximum atomic E-state index is 12.8. The van der Waals surface area contributed by atoms with Gasteiger partial charge in [0.25, 0.3) is 5.91 Å². The third kappa shape index (κ3) is 3.56. The summed E-state index contributed by atoms with van der Waals surface area (Å²) in [7, 11) is 0. The normalized spacial score (nSPS) is 29.8. The summed E-state index contributed by atoms with van der Waals surface area (Å²) < 4.78 is 5.80. The quantitative estimate of drug-likeness (QED) is 0.662. The Bertz CT molecular complexity index is 864. The number of hydrogen-bond donors (Lipinski definition) is 1. The van der Waals surface area contributed by atoms with Crippen LogP contribution in [0.3, 0.4) is 0 Å². The molecule has 1 N–H and O–H groups in total. The van der Waals surface area contributed by atoms with Crippen LogP contribution in [0.15, 0.2) is 48.5 Å². The highest BCUT2D eigenvalue weighted by atomic mass is 16.5. The monoisotopic (exact) mass is 389 g/mol. The van der Waals surface area contributed by atoms with Gasteiger partial charge in [-0.3, -0.25) is 4.79 Å². The standard InChI is InChI=1S/C26H31NO2/c1-17(2)29-24-6-4-3-5-23(24)25(28)27-22-9-7-21(8-10-22)26-14-18-11-19(15-26)13-20(12-18)16-26/h3-10,17-20H,11-16H2,1-2H3,(H,27,28). The van der Waals surface area contributed by atoms with Crippen molar-refractivity contribution in [2.24, 2.45) is 17.8 Å². The van der Waals surface area contributed by atoms with Gasteiger partial charge in [0, 0.05) is 5.69 Å². The van der Waals surface area contributed by atoms with E-state index in [1.807, 2.05) is 38.1 Å². The summed E-state index contributed by atoms with van der Waals surface area (Å²) in [5.41, 5.74) is 3.31. The first-order valence-electron chi connectivity index (χ1n) is 11.2. The van der Waals surface area contributed by atoms with Gasteiger partial charge in [-0.25, -0.2) is 0 Å². The van der Waals surface area contributed by atoms with E-state index in [0.29, 0.717) is 16.7 Å². The fraction of sp³-hybridized carbons (Fsp3) is 0.500. The highest BCUT2D eigenvalue weighted by Gasteiger charge is 2.51. The van der Waals surface area contributed by atoms with Crippen molar-refractivity contribution >= 4 is 11.6 Å². The Morgan fingerprint density at radius 3 is 2.10 bits per heavy atom. The number of carbonyl (C=O) groups is 1. The number of ether oxygens (including phenoxy) is 1. The number of nitrogens with one attached hydrogen (secondary N) is 1. The minimum absolute atomic E-state index is 0.0310. The summed E-state index contributed by atoms with van der Waals surface area (Å²) in [6, 6.07) is 16.1. The van der Waals surface area contributed by atoms with E-state index < -0.39 is 0 Å². The van der Waals surface area contributed by atoms with Crippen molar-refractivity contribution in [2.75, 3.05) is 5.32 Å². The van der Waals surface area contributed by atoms with Crippen LogP contribution in [0.5, 0.6) is 5.75 Å². The Morgan fingerprint density at radius 1 is 0.931 bits per heavy atom. The molecule has 3 nitrogen and oxygen atoms in total. The zero-order valence-corrected chi connectivity index (χ0v) is 17.5. The molecule has 29 heavy (non-hydrogen) atoms. The third-order valence-electron chi connectivity index (χ3n) is 7.29. The molecule has 0 aliphatic heterocycles. The second-order valence-electron chi connectivity index (χ2n) is 9.89. The minimum Gasteiger partial charge on any atom is -0.490 e. The molecule has 4 saturated carbocycles. The Hall–Kier alpha value is -2.29. The molecule has 4 fully saturated rings. The molecule has 0 atom stereocenters. The molecule has 0 heterocycles. The molecule has 4 aliphatic carbocycles. The molecular formula is C26H31NO2. The number of amides is 1. The van der Waals surface area contributed by atoms with Crippen molar-refractivity contribution in [3.63, 3.8) is 0 Å². The van der Waals surface area contributed by atoms with Gasteiger partial charge in [-0.15, -0.1) is 0 Å². The topological polar surface area (TPSA) is 38.3 Å². The van der Waals surface area contributed by atoms with Crippen LogP contribution in [0.2, 0.25) is 0 Å². The highest BCUT2D eigenvalue weighted by molar-refractivity contribution is 6.06. The second-order valence-corrected chi connectivity index (χ2v) is 9.89. The fourth-order valence-electron chi connectivity index (χ4n) is 6.58. The predicted octanol–water partition coefficient (Wildman–Crippen LogP) is 6.19. The van der Waals surface area contributed by atoms with Crippen LogP contribution in [0.1, 0.15) is 68.3 Å². The van der Waals surface area contributed by atoms with Gasteiger partial charge in [-0.05, 0) is 105 Å². The van der Waals surface area contributed by atoms with E-state index in [-0.39, 0.29) is 12.0 Å². The molecule has 4 bridgehead atoms. The molecule has 152 valence electrons. The Morgan fingerprint density at radius 2 is 1.52 bits per heavy atom. The largest absolute Gasteiger partial charge is 0.490 e. The first-order valence-corrected chi connectivity index (χ1v) is 11.2. The van der Waals surface area contributed by atoms with Crippen LogP contribution in [0.25, 0.3) is 0 Å². The number of benzene rings is 2. The number of anilines is 1. The fourth-order valence-corrected chi connectivity index (χ4v) is 6.58. The Kier molecular flexibility index (Phi) is 4.64. The van der Waals surface area contributed by atoms with Crippen LogP contribution in [0, 0.1) is 17.8 Å². The minimum atomic E-state index is -0.121. The van der Waals surface area contributed by atoms with Gasteiger partial charge in [0.2, 0.25) is 0 Å². The van der Waals surface area contributed by atoms with Gasteiger partial charge in [-0.2, -0.15) is 0 Å². The van der Waals surface area contributed by atoms with Crippen LogP contribution >= 0.6 is 0 Å². The zero-order valence-electron chi connectivity index (χ0n) is 17.5. The van der Waals surface area contributed by atoms with Gasteiger partial charge < -0.3 is 10.1 Å². The van der Waals surface area contributed by atoms with E-state index in [1.54, 1.807) is 0 Å². The third-order valence-corrected chi connectivity index (χ3v) is 7.29. The lowest BCUT2D eigenvalue weighted by Crippen LogP contribution is -2.48. The highest BCUT2D eigenvalue weighted by Crippen LogP contribution is 2.60. The average molecular weight is 390 g/mol. The van der Waals surface area contributed by atoms with Gasteiger partial charge in [0.1, 0.15) is 5.75 Å². The first-order chi connectivity index (χ1) is 14.0. The van der Waals surface area contributed by atoms with Gasteiger partial charge in [-0.1, -0.05) is 24.3 Å². The molecule has 2 aromatic carbocycles. The molecular weight excluding hydrogens is 358 g/mol. The van der Waals surface area contributed by atoms with Crippen molar-refractivity contribution in [3.8, 4) is 5.75 Å². The van der Waals surface area contributed by atoms with E-state index >= 15 is 0 Å². The molecule has 2 aromatic rings. The molecule has 4 aliphatic rings. The molecule has 0 saturated heterocycles. The molecule has 0 aromatic heterocycles. The van der Waals surface area contributed by atoms with Crippen molar-refractivity contribution in [2.45, 2.75) is 63.9 Å². The number of rotatable bonds is 5. The van der Waals surface area contributed by atoms with E-state index in [9.17, 15) is 4.79 Å². The van der Waals surface area contributed by atoms with Crippen LogP contribution in [0.4, 0.5) is 5.69 Å². The predicted molar refractivity (Wildman–Crippen MR) is 116 cm³/mol. The lowest BCUT2D eigenvalue weighted by Gasteiger charge is -2.57. The lowest BCUT2D eigenvalue weighted by molar-refractivity contribution is -0.00518. The summed E-state index contributed by atoms with van der Waals surface area (Å²) in [6.45, 7) is 3.94. The first kappa shape index (κ1) is 18.7. The average Bonchev–Trinajstić information content (AvgIpc) is 2.67. The number of para-hydroxylation sites is 1. The molecule has 3 heteroatoms. The summed E-state index contributed by atoms with van der Waals surface area (Å²) in [5, 5.41) is 3.05. The van der Waals surface area contributed by atoms with E-state index in [1.165, 1.54) is 44.1 Å². The van der Waals surface area contributed by atoms with Crippen molar-refractivity contribution < 1.29 is 9.53 Å². The number of carbonyl (C=O) groups excluding carboxylic acids is 1. The lowest BCUT2D eigenvalue weighted by atomic mass is 9.48. The Labute approximate surface area is 173 Å². The van der Waals surface area contributed by atoms with E-state index in [2.05, 4.69) is 29.6 Å². The number of hydrogen-bond acceptors (Lipinski definition) is 2. The SMILES string of the molecule is CC(C)Oc1ccccc1C(=O)Nc1ccc(C23CC4CC(CC(C4)C2)C3)cc1. The maximum absolute atomic E-state index is 12.8. The molecule has 0 radical (unpaired) electrons. The smallest absolute Gasteiger partial charge is 0.259 e. The van der Waals surface area contributed by atoms with Crippen molar-refractivity contribution in [3.05, 3.63) is 59.7 Å². The van der Waals surface area contributed by atoms with Crippen molar-refractivity contribution in [1.29, 1.82) is 0 Å². The summed E-state index contributed by atoms with van der Waals surface area (Å²) in [6.07, 6.45) is 8.52. The zero-order chi connectivity index (χ0) is 20.0. The second kappa shape index (κ2) is 7.19. The summed E-state index contributed by atoms with van der Waals surface area (Å²) in [5.74, 6) is 3.34. The van der Waals surface area contributed by atoms with Crippen LogP contribution < -0.4 is 10.1 Å². The molecule has 6 rings (SSSR count). The van der Waals surface area contributed by atoms with E-state index in [0.717, 1.165) is 23.4 Å².